The van der Waals surface area contributed by atoms with Gasteiger partial charge in [-0.25, -0.2) is 0 Å². The van der Waals surface area contributed by atoms with Crippen molar-refractivity contribution in [1.82, 2.24) is 0 Å². The molecule has 0 aromatic heterocycles. The molecule has 0 saturated heterocycles. The Kier molecular flexibility index (Phi) is 3.45. The number of nitrogens with two attached hydrogens (primary N) is 1. The van der Waals surface area contributed by atoms with E-state index in [4.69, 9.17) is 17.3 Å². The summed E-state index contributed by atoms with van der Waals surface area (Å²) in [6.45, 7) is 0.585. The molecule has 0 heterocycles. The lowest BCUT2D eigenvalue weighted by molar-refractivity contribution is -0.363. The van der Waals surface area contributed by atoms with E-state index in [2.05, 4.69) is 0 Å². The predicted octanol–water partition coefficient (Wildman–Crippen LogP) is -0.506. The Morgan fingerprint density at radius 3 is 2.00 bits per heavy atom. The summed E-state index contributed by atoms with van der Waals surface area (Å²) in [5, 5.41) is 0. The third kappa shape index (κ3) is 2.25. The van der Waals surface area contributed by atoms with Crippen molar-refractivity contribution < 1.29 is 11.6 Å². The summed E-state index contributed by atoms with van der Waals surface area (Å²) in [7, 11) is 0. The lowest BCUT2D eigenvalue weighted by atomic mass is 10.8. The standard InChI is InChI=1S/C2H6ClN/c3-1-2-4/h1-2,4H2/q+1. The summed E-state index contributed by atoms with van der Waals surface area (Å²) >= 11 is 5.06. The van der Waals surface area contributed by atoms with Gasteiger partial charge in [-0.2, -0.15) is 0 Å². The molecule has 0 bridgehead atoms. The minimum absolute atomic E-state index is 0.569. The van der Waals surface area contributed by atoms with Crippen LogP contribution < -0.4 is 5.73 Å². The molecule has 0 aromatic rings. The van der Waals surface area contributed by atoms with Crippen LogP contribution in [0.5, 0.6) is 0 Å². The maximum atomic E-state index is 5.06. The third-order valence-corrected chi connectivity index (χ3v) is 0.327. The lowest BCUT2D eigenvalue weighted by Gasteiger charge is -1.54. The number of alkyl halides is 1. The lowest BCUT2D eigenvalue weighted by Crippen LogP contribution is -2.00. The van der Waals surface area contributed by atoms with Gasteiger partial charge in [-0.3, -0.25) is 0 Å². The van der Waals surface area contributed by atoms with Gasteiger partial charge in [0.05, 0.1) is 6.54 Å². The van der Waals surface area contributed by atoms with Crippen LogP contribution in [-0.4, -0.2) is 12.4 Å². The van der Waals surface area contributed by atoms with E-state index in [0.717, 1.165) is 0 Å². The van der Waals surface area contributed by atoms with Crippen LogP contribution in [0.25, 0.3) is 0 Å². The Balaban J connectivity index is 1.97. The van der Waals surface area contributed by atoms with Gasteiger partial charge in [0.25, 0.3) is 5.88 Å². The number of hydrogen-bond donors (Lipinski definition) is 1. The third-order valence-electron chi connectivity index (χ3n) is 0.109. The van der Waals surface area contributed by atoms with Gasteiger partial charge in [0.2, 0.25) is 0 Å². The van der Waals surface area contributed by atoms with E-state index in [1.807, 2.05) is 0 Å². The molecule has 2 heteroatoms. The molecular weight excluding hydrogens is 73.5 g/mol. The van der Waals surface area contributed by atoms with Crippen LogP contribution in [0.2, 0.25) is 0 Å². The first kappa shape index (κ1) is 4.25. The summed E-state index contributed by atoms with van der Waals surface area (Å²) in [6, 6.07) is 0. The Bertz CT molecular complexity index is 8.00. The van der Waals surface area contributed by atoms with E-state index in [1.54, 1.807) is 0 Å². The van der Waals surface area contributed by atoms with Gasteiger partial charge in [-0.1, -0.05) is 0 Å². The quantitative estimate of drug-likeness (QED) is 0.421. The van der Waals surface area contributed by atoms with Gasteiger partial charge in [-0.15, -0.1) is 0 Å². The molecular formula is C2H6ClN+. The molecule has 0 amide bonds. The van der Waals surface area contributed by atoms with Crippen molar-refractivity contribution in [3.8, 4) is 0 Å². The summed E-state index contributed by atoms with van der Waals surface area (Å²) < 4.78 is 0. The molecule has 4 heavy (non-hydrogen) atoms. The molecule has 1 radical (unpaired) electrons. The first-order valence-corrected chi connectivity index (χ1v) is 1.71. The van der Waals surface area contributed by atoms with E-state index in [0.29, 0.717) is 12.4 Å². The second kappa shape index (κ2) is 3.25. The average Bonchev–Trinajstić information content (AvgIpc) is 1.37. The van der Waals surface area contributed by atoms with Crippen LogP contribution in [0.15, 0.2) is 0 Å². The molecule has 0 aliphatic heterocycles. The Morgan fingerprint density at radius 2 is 2.00 bits per heavy atom. The van der Waals surface area contributed by atoms with Crippen LogP contribution in [0.3, 0.4) is 0 Å². The molecule has 0 spiro atoms. The molecule has 0 aromatic carbocycles. The fraction of sp³-hybridized carbons (Fsp3) is 1.00. The molecule has 2 N–H and O–H groups in total. The molecule has 1 nitrogen and oxygen atoms in total. The SMILES string of the molecule is NCC[Cl+]. The van der Waals surface area contributed by atoms with E-state index < -0.39 is 0 Å². The smallest absolute Gasteiger partial charge is 0.325 e. The van der Waals surface area contributed by atoms with Crippen LogP contribution >= 0.6 is 0 Å². The van der Waals surface area contributed by atoms with Gasteiger partial charge < -0.3 is 5.73 Å². The highest BCUT2D eigenvalue weighted by atomic mass is 35.5. The maximum absolute atomic E-state index is 5.06. The van der Waals surface area contributed by atoms with Gasteiger partial charge in [0.15, 0.2) is 0 Å². The van der Waals surface area contributed by atoms with Crippen LogP contribution in [0.1, 0.15) is 0 Å². The van der Waals surface area contributed by atoms with Crippen LogP contribution in [0.4, 0.5) is 0 Å². The van der Waals surface area contributed by atoms with Crippen LogP contribution in [0, 0.1) is 11.6 Å². The average molecular weight is 79.5 g/mol. The van der Waals surface area contributed by atoms with E-state index in [1.165, 1.54) is 0 Å². The zero-order valence-corrected chi connectivity index (χ0v) is 3.13. The first-order chi connectivity index (χ1) is 1.91. The topological polar surface area (TPSA) is 26.0 Å². The van der Waals surface area contributed by atoms with Crippen molar-refractivity contribution in [3.05, 3.63) is 0 Å². The van der Waals surface area contributed by atoms with Crippen molar-refractivity contribution in [1.29, 1.82) is 0 Å². The van der Waals surface area contributed by atoms with Crippen molar-refractivity contribution in [3.63, 3.8) is 0 Å². The molecule has 0 fully saturated rings. The maximum Gasteiger partial charge on any atom is 0.470 e. The molecule has 0 aliphatic rings. The van der Waals surface area contributed by atoms with Gasteiger partial charge >= 0.3 is 11.6 Å². The Labute approximate surface area is 30.7 Å². The summed E-state index contributed by atoms with van der Waals surface area (Å²) in [5.41, 5.74) is 4.90. The van der Waals surface area contributed by atoms with Crippen molar-refractivity contribution >= 4 is 0 Å². The van der Waals surface area contributed by atoms with Crippen molar-refractivity contribution in [2.45, 2.75) is 0 Å². The van der Waals surface area contributed by atoms with Gasteiger partial charge in [0, 0.05) is 0 Å². The number of halogens is 1. The molecule has 0 atom stereocenters. The van der Waals surface area contributed by atoms with Gasteiger partial charge in [-0.05, 0) is 0 Å². The summed E-state index contributed by atoms with van der Waals surface area (Å²) in [4.78, 5) is 0. The highest BCUT2D eigenvalue weighted by Gasteiger charge is 1.80. The zero-order valence-electron chi connectivity index (χ0n) is 2.37. The molecule has 0 rings (SSSR count). The summed E-state index contributed by atoms with van der Waals surface area (Å²) in [6.07, 6.45) is 0. The molecule has 0 saturated carbocycles. The molecule has 0 unspecified atom stereocenters. The largest absolute Gasteiger partial charge is 0.470 e. The first-order valence-electron chi connectivity index (χ1n) is 1.18. The van der Waals surface area contributed by atoms with E-state index in [9.17, 15) is 0 Å². The Morgan fingerprint density at radius 1 is 1.75 bits per heavy atom. The monoisotopic (exact) mass is 79.0 g/mol. The normalized spacial score (nSPS) is 7.50. The highest BCUT2D eigenvalue weighted by Crippen LogP contribution is 1.38. The fourth-order valence-corrected chi connectivity index (χ4v) is 0. The zero-order chi connectivity index (χ0) is 3.41. The van der Waals surface area contributed by atoms with E-state index >= 15 is 0 Å². The second-order valence-electron chi connectivity index (χ2n) is 0.478. The van der Waals surface area contributed by atoms with Crippen molar-refractivity contribution in [2.24, 2.45) is 5.73 Å². The van der Waals surface area contributed by atoms with Gasteiger partial charge in [0.1, 0.15) is 0 Å². The second-order valence-corrected chi connectivity index (χ2v) is 0.856. The number of rotatable bonds is 1. The number of hydrogen-bond acceptors (Lipinski definition) is 1. The Hall–Kier alpha value is 0.250. The predicted molar refractivity (Wildman–Crippen MR) is 13.9 cm³/mol. The molecule has 0 aliphatic carbocycles. The minimum atomic E-state index is 0.569. The fourth-order valence-electron chi connectivity index (χ4n) is 0. The van der Waals surface area contributed by atoms with Crippen LogP contribution in [-0.2, 0) is 0 Å². The molecule has 25 valence electrons. The highest BCUT2D eigenvalue weighted by molar-refractivity contribution is 4.15. The van der Waals surface area contributed by atoms with E-state index in [-0.39, 0.29) is 0 Å². The minimum Gasteiger partial charge on any atom is -0.325 e. The van der Waals surface area contributed by atoms with Crippen molar-refractivity contribution in [2.75, 3.05) is 12.4 Å². The summed E-state index contributed by atoms with van der Waals surface area (Å²) in [5.74, 6) is 0.569.